The van der Waals surface area contributed by atoms with Crippen LogP contribution in [0.4, 0.5) is 5.69 Å². The fourth-order valence-corrected chi connectivity index (χ4v) is 3.83. The molecule has 7 nitrogen and oxygen atoms in total. The molecule has 1 aliphatic rings. The van der Waals surface area contributed by atoms with E-state index in [4.69, 9.17) is 9.47 Å². The lowest BCUT2D eigenvalue weighted by Gasteiger charge is -2.30. The van der Waals surface area contributed by atoms with Crippen LogP contribution >= 0.6 is 0 Å². The molecule has 0 saturated carbocycles. The standard InChI is InChI=1S/C20H24N2O5S/c1-21(28(4,24)25)17-12-19(27-3)18(26-2)11-16(17)20(23)22-10-9-14-7-5-6-8-15(14)13-22/h5-8,11-12H,9-10,13H2,1-4H3. The SMILES string of the molecule is COc1cc(C(=O)N2CCc3ccccc3C2)c(N(C)S(C)(=O)=O)cc1OC. The van der Waals surface area contributed by atoms with Gasteiger partial charge >= 0.3 is 0 Å². The van der Waals surface area contributed by atoms with Crippen molar-refractivity contribution in [2.75, 3.05) is 38.4 Å². The summed E-state index contributed by atoms with van der Waals surface area (Å²) in [5, 5.41) is 0. The maximum atomic E-state index is 13.3. The minimum absolute atomic E-state index is 0.249. The van der Waals surface area contributed by atoms with Crippen molar-refractivity contribution < 1.29 is 22.7 Å². The van der Waals surface area contributed by atoms with Gasteiger partial charge in [0.2, 0.25) is 10.0 Å². The molecule has 1 amide bonds. The lowest BCUT2D eigenvalue weighted by atomic mass is 9.99. The zero-order chi connectivity index (χ0) is 20.5. The van der Waals surface area contributed by atoms with Crippen LogP contribution in [0.3, 0.4) is 0 Å². The zero-order valence-corrected chi connectivity index (χ0v) is 17.2. The van der Waals surface area contributed by atoms with E-state index >= 15 is 0 Å². The molecule has 0 saturated heterocycles. The lowest BCUT2D eigenvalue weighted by Crippen LogP contribution is -2.37. The number of methoxy groups -OCH3 is 2. The number of ether oxygens (including phenoxy) is 2. The molecule has 3 rings (SSSR count). The molecule has 0 aliphatic carbocycles. The Hall–Kier alpha value is -2.74. The van der Waals surface area contributed by atoms with E-state index < -0.39 is 10.0 Å². The molecule has 0 spiro atoms. The summed E-state index contributed by atoms with van der Waals surface area (Å²) in [5.41, 5.74) is 2.84. The first-order valence-corrected chi connectivity index (χ1v) is 10.7. The normalized spacial score (nSPS) is 13.6. The number of rotatable bonds is 5. The van der Waals surface area contributed by atoms with Crippen LogP contribution in [0.1, 0.15) is 21.5 Å². The third-order valence-corrected chi connectivity index (χ3v) is 6.18. The highest BCUT2D eigenvalue weighted by molar-refractivity contribution is 7.92. The second-order valence-electron chi connectivity index (χ2n) is 6.70. The molecule has 8 heteroatoms. The van der Waals surface area contributed by atoms with Crippen LogP contribution in [0.2, 0.25) is 0 Å². The number of fused-ring (bicyclic) bond motifs is 1. The highest BCUT2D eigenvalue weighted by Gasteiger charge is 2.28. The van der Waals surface area contributed by atoms with Gasteiger partial charge in [-0.25, -0.2) is 8.42 Å². The summed E-state index contributed by atoms with van der Waals surface area (Å²) in [6, 6.07) is 11.1. The largest absolute Gasteiger partial charge is 0.493 e. The predicted octanol–water partition coefficient (Wildman–Crippen LogP) is 2.30. The van der Waals surface area contributed by atoms with Crippen molar-refractivity contribution in [2.24, 2.45) is 0 Å². The fourth-order valence-electron chi connectivity index (χ4n) is 3.32. The van der Waals surface area contributed by atoms with Crippen molar-refractivity contribution in [2.45, 2.75) is 13.0 Å². The number of sulfonamides is 1. The fraction of sp³-hybridized carbons (Fsp3) is 0.350. The Bertz CT molecular complexity index is 1000. The summed E-state index contributed by atoms with van der Waals surface area (Å²) >= 11 is 0. The van der Waals surface area contributed by atoms with Crippen LogP contribution in [-0.2, 0) is 23.0 Å². The summed E-state index contributed by atoms with van der Waals surface area (Å²) in [5.74, 6) is 0.475. The molecule has 0 radical (unpaired) electrons. The molecular weight excluding hydrogens is 380 g/mol. The van der Waals surface area contributed by atoms with Gasteiger partial charge in [0.25, 0.3) is 5.91 Å². The molecule has 2 aromatic carbocycles. The maximum absolute atomic E-state index is 13.3. The van der Waals surface area contributed by atoms with Crippen molar-refractivity contribution in [3.8, 4) is 11.5 Å². The van der Waals surface area contributed by atoms with E-state index in [0.29, 0.717) is 24.6 Å². The lowest BCUT2D eigenvalue weighted by molar-refractivity contribution is 0.0735. The number of anilines is 1. The van der Waals surface area contributed by atoms with Gasteiger partial charge in [0.05, 0.1) is 31.7 Å². The van der Waals surface area contributed by atoms with E-state index in [1.54, 1.807) is 11.0 Å². The average molecular weight is 404 g/mol. The van der Waals surface area contributed by atoms with E-state index in [0.717, 1.165) is 22.5 Å². The molecule has 28 heavy (non-hydrogen) atoms. The van der Waals surface area contributed by atoms with E-state index in [2.05, 4.69) is 6.07 Å². The topological polar surface area (TPSA) is 76.2 Å². The summed E-state index contributed by atoms with van der Waals surface area (Å²) in [6.45, 7) is 1.04. The predicted molar refractivity (Wildman–Crippen MR) is 108 cm³/mol. The Labute approximate surface area is 165 Å². The first kappa shape index (κ1) is 20.0. The van der Waals surface area contributed by atoms with Crippen LogP contribution in [0.25, 0.3) is 0 Å². The Morgan fingerprint density at radius 1 is 1.07 bits per heavy atom. The zero-order valence-electron chi connectivity index (χ0n) is 16.4. The Morgan fingerprint density at radius 3 is 2.29 bits per heavy atom. The molecule has 0 N–H and O–H groups in total. The number of hydrogen-bond donors (Lipinski definition) is 0. The second-order valence-corrected chi connectivity index (χ2v) is 8.71. The Kier molecular flexibility index (Phi) is 5.51. The summed E-state index contributed by atoms with van der Waals surface area (Å²) in [6.07, 6.45) is 1.85. The number of benzene rings is 2. The molecule has 0 unspecified atom stereocenters. The Morgan fingerprint density at radius 2 is 1.68 bits per heavy atom. The van der Waals surface area contributed by atoms with Crippen molar-refractivity contribution in [1.82, 2.24) is 4.90 Å². The van der Waals surface area contributed by atoms with Gasteiger partial charge in [-0.1, -0.05) is 24.3 Å². The highest BCUT2D eigenvalue weighted by Crippen LogP contribution is 2.36. The van der Waals surface area contributed by atoms with Gasteiger partial charge in [-0.15, -0.1) is 0 Å². The van der Waals surface area contributed by atoms with Crippen molar-refractivity contribution in [1.29, 1.82) is 0 Å². The minimum Gasteiger partial charge on any atom is -0.493 e. The van der Waals surface area contributed by atoms with Gasteiger partial charge in [0.15, 0.2) is 11.5 Å². The molecule has 0 fully saturated rings. The van der Waals surface area contributed by atoms with Crippen LogP contribution in [0.5, 0.6) is 11.5 Å². The maximum Gasteiger partial charge on any atom is 0.256 e. The van der Waals surface area contributed by atoms with Crippen molar-refractivity contribution in [3.63, 3.8) is 0 Å². The number of carbonyl (C=O) groups is 1. The highest BCUT2D eigenvalue weighted by atomic mass is 32.2. The van der Waals surface area contributed by atoms with Gasteiger partial charge in [-0.3, -0.25) is 9.10 Å². The molecular formula is C20H24N2O5S. The third-order valence-electron chi connectivity index (χ3n) is 4.99. The van der Waals surface area contributed by atoms with Gasteiger partial charge in [0, 0.05) is 26.2 Å². The first-order chi connectivity index (χ1) is 13.3. The monoisotopic (exact) mass is 404 g/mol. The summed E-state index contributed by atoms with van der Waals surface area (Å²) in [4.78, 5) is 15.1. The van der Waals surface area contributed by atoms with Crippen molar-refractivity contribution in [3.05, 3.63) is 53.1 Å². The molecule has 1 heterocycles. The van der Waals surface area contributed by atoms with Gasteiger partial charge in [-0.2, -0.15) is 0 Å². The van der Waals surface area contributed by atoms with Crippen LogP contribution < -0.4 is 13.8 Å². The second kappa shape index (κ2) is 7.71. The molecule has 2 aromatic rings. The van der Waals surface area contributed by atoms with E-state index in [9.17, 15) is 13.2 Å². The van der Waals surface area contributed by atoms with E-state index in [1.165, 1.54) is 32.9 Å². The number of amides is 1. The first-order valence-electron chi connectivity index (χ1n) is 8.82. The molecule has 150 valence electrons. The minimum atomic E-state index is -3.57. The van der Waals surface area contributed by atoms with Gasteiger partial charge in [0.1, 0.15) is 0 Å². The van der Waals surface area contributed by atoms with Crippen molar-refractivity contribution >= 4 is 21.6 Å². The van der Waals surface area contributed by atoms with Crippen LogP contribution in [0, 0.1) is 0 Å². The van der Waals surface area contributed by atoms with E-state index in [1.807, 2.05) is 18.2 Å². The van der Waals surface area contributed by atoms with E-state index in [-0.39, 0.29) is 17.2 Å². The number of hydrogen-bond acceptors (Lipinski definition) is 5. The molecule has 0 atom stereocenters. The average Bonchev–Trinajstić information content (AvgIpc) is 2.70. The summed E-state index contributed by atoms with van der Waals surface area (Å²) < 4.78 is 36.0. The number of nitrogens with zero attached hydrogens (tertiary/aromatic N) is 2. The van der Waals surface area contributed by atoms with Crippen LogP contribution in [-0.4, -0.2) is 53.3 Å². The third kappa shape index (κ3) is 3.77. The van der Waals surface area contributed by atoms with Crippen LogP contribution in [0.15, 0.2) is 36.4 Å². The smallest absolute Gasteiger partial charge is 0.256 e. The Balaban J connectivity index is 2.05. The van der Waals surface area contributed by atoms with Gasteiger partial charge in [-0.05, 0) is 23.6 Å². The summed E-state index contributed by atoms with van der Waals surface area (Å²) in [7, 11) is 0.785. The number of carbonyl (C=O) groups excluding carboxylic acids is 1. The molecule has 1 aliphatic heterocycles. The molecule has 0 bridgehead atoms. The molecule has 0 aromatic heterocycles. The van der Waals surface area contributed by atoms with Gasteiger partial charge < -0.3 is 14.4 Å². The quantitative estimate of drug-likeness (QED) is 0.764.